The van der Waals surface area contributed by atoms with Crippen LogP contribution >= 0.6 is 0 Å². The van der Waals surface area contributed by atoms with Crippen LogP contribution in [0.2, 0.25) is 0 Å². The maximum atomic E-state index is 10.5. The van der Waals surface area contributed by atoms with Crippen molar-refractivity contribution in [1.29, 1.82) is 0 Å². The molecule has 0 aliphatic carbocycles. The Balaban J connectivity index is 0.000000323. The van der Waals surface area contributed by atoms with E-state index in [0.717, 1.165) is 61.5 Å². The number of fused-ring (bicyclic) bond motifs is 1. The van der Waals surface area contributed by atoms with Crippen LogP contribution in [0.5, 0.6) is 0 Å². The van der Waals surface area contributed by atoms with Crippen molar-refractivity contribution in [3.8, 4) is 0 Å². The molecule has 10 heterocycles. The molecule has 85 heavy (non-hydrogen) atoms. The smallest absolute Gasteiger partial charge is 0.189 e. The Hall–Kier alpha value is -9.22. The van der Waals surface area contributed by atoms with E-state index in [0.29, 0.717) is 0 Å². The van der Waals surface area contributed by atoms with Gasteiger partial charge in [-0.1, -0.05) is 72.8 Å². The standard InChI is InChI=1S/C10H9N.3C8H11N.4C7H9N.C6H7NO.C6H7N/c1-8-6-7-9-4-2-3-5-10(9)11-8;1-6-4-7(2)8(3)9-5-6;2*1-6-4-5-7(2)9-8(6)3;1-6-3-7(2)5-8-4-6;1-6-3-4-8-5-7(6)2;1-6-3-4-7(2)8-5-6;1-6-4-3-5-8-7(6)2;1-6-4-2-3-5-7(6)8;1-6-3-2-4-7-5-6/h2-7H,1H3;3*4-5H,1-3H3;4*3-5H,1-2H3;2-5H,1H3;2-5H,1H3. The second kappa shape index (κ2) is 40.1. The Morgan fingerprint density at radius 1 is 0.294 bits per heavy atom. The predicted molar refractivity (Wildman–Crippen MR) is 356 cm³/mol. The summed E-state index contributed by atoms with van der Waals surface area (Å²) in [6.07, 6.45) is 18.0. The topological polar surface area (TPSA) is 143 Å². The van der Waals surface area contributed by atoms with Gasteiger partial charge in [-0.05, 0) is 241 Å². The second-order valence-corrected chi connectivity index (χ2v) is 20.9. The first kappa shape index (κ1) is 71.9. The molecule has 0 unspecified atom stereocenters. The highest BCUT2D eigenvalue weighted by Gasteiger charge is 1.95. The first-order chi connectivity index (χ1) is 40.3. The van der Waals surface area contributed by atoms with Crippen LogP contribution in [-0.4, -0.2) is 44.9 Å². The van der Waals surface area contributed by atoms with E-state index >= 15 is 0 Å². The summed E-state index contributed by atoms with van der Waals surface area (Å²) in [6.45, 7) is 40.5. The van der Waals surface area contributed by atoms with E-state index in [-0.39, 0.29) is 0 Å². The van der Waals surface area contributed by atoms with Gasteiger partial charge in [-0.25, -0.2) is 0 Å². The van der Waals surface area contributed by atoms with E-state index < -0.39 is 0 Å². The van der Waals surface area contributed by atoms with Gasteiger partial charge in [0.15, 0.2) is 11.9 Å². The van der Waals surface area contributed by atoms with Crippen molar-refractivity contribution in [2.24, 2.45) is 0 Å². The number of aromatic nitrogens is 10. The molecule has 10 aromatic heterocycles. The average Bonchev–Trinajstić information content (AvgIpc) is 3.48. The quantitative estimate of drug-likeness (QED) is 0.106. The maximum absolute atomic E-state index is 10.5. The van der Waals surface area contributed by atoms with Gasteiger partial charge in [0.05, 0.1) is 5.52 Å². The average molecular weight is 1140 g/mol. The minimum atomic E-state index is 0.729. The van der Waals surface area contributed by atoms with E-state index in [9.17, 15) is 5.21 Å². The number of hydrogen-bond donors (Lipinski definition) is 0. The number of benzene rings is 1. The molecule has 0 bridgehead atoms. The lowest BCUT2D eigenvalue weighted by Gasteiger charge is -1.97. The van der Waals surface area contributed by atoms with E-state index in [1.165, 1.54) is 72.8 Å². The van der Waals surface area contributed by atoms with Crippen molar-refractivity contribution >= 4 is 10.9 Å². The predicted octanol–water partition coefficient (Wildman–Crippen LogP) is 17.4. The van der Waals surface area contributed by atoms with E-state index in [1.807, 2.05) is 205 Å². The maximum Gasteiger partial charge on any atom is 0.189 e. The van der Waals surface area contributed by atoms with Crippen molar-refractivity contribution in [3.05, 3.63) is 313 Å². The Kier molecular flexibility index (Phi) is 33.9. The van der Waals surface area contributed by atoms with Gasteiger partial charge in [0, 0.05) is 126 Å². The lowest BCUT2D eigenvalue weighted by atomic mass is 10.2. The molecule has 0 atom stereocenters. The van der Waals surface area contributed by atoms with Crippen LogP contribution < -0.4 is 4.73 Å². The summed E-state index contributed by atoms with van der Waals surface area (Å²) in [5, 5.41) is 11.7. The van der Waals surface area contributed by atoms with Gasteiger partial charge in [0.1, 0.15) is 0 Å². The van der Waals surface area contributed by atoms with Crippen LogP contribution in [0, 0.1) is 144 Å². The van der Waals surface area contributed by atoms with Gasteiger partial charge >= 0.3 is 0 Å². The molecule has 0 radical (unpaired) electrons. The van der Waals surface area contributed by atoms with Crippen molar-refractivity contribution in [2.75, 3.05) is 0 Å². The highest BCUT2D eigenvalue weighted by Crippen LogP contribution is 2.11. The van der Waals surface area contributed by atoms with Crippen LogP contribution in [0.25, 0.3) is 10.9 Å². The van der Waals surface area contributed by atoms with Gasteiger partial charge < -0.3 is 5.21 Å². The van der Waals surface area contributed by atoms with Crippen molar-refractivity contribution < 1.29 is 4.73 Å². The summed E-state index contributed by atoms with van der Waals surface area (Å²) in [5.74, 6) is 0. The van der Waals surface area contributed by atoms with Crippen molar-refractivity contribution in [3.63, 3.8) is 0 Å². The first-order valence-corrected chi connectivity index (χ1v) is 28.4. The van der Waals surface area contributed by atoms with Gasteiger partial charge in [0.25, 0.3) is 0 Å². The molecular formula is C74H92N10O. The third kappa shape index (κ3) is 32.3. The third-order valence-electron chi connectivity index (χ3n) is 12.7. The largest absolute Gasteiger partial charge is 0.619 e. The first-order valence-electron chi connectivity index (χ1n) is 28.4. The van der Waals surface area contributed by atoms with Crippen molar-refractivity contribution in [2.45, 2.75) is 138 Å². The number of para-hydroxylation sites is 1. The molecule has 0 amide bonds. The molecule has 11 aromatic rings. The van der Waals surface area contributed by atoms with E-state index in [2.05, 4.69) is 142 Å². The van der Waals surface area contributed by atoms with Gasteiger partial charge in [-0.3, -0.25) is 44.9 Å². The normalized spacial score (nSPS) is 9.46. The number of hydrogen-bond acceptors (Lipinski definition) is 10. The fourth-order valence-corrected chi connectivity index (χ4v) is 6.78. The summed E-state index contributed by atoms with van der Waals surface area (Å²) in [6, 6.07) is 44.1. The Labute approximate surface area is 509 Å². The molecule has 11 heteroatoms. The summed E-state index contributed by atoms with van der Waals surface area (Å²) in [4.78, 5) is 37.1. The fraction of sp³-hybridized carbons (Fsp3) is 0.270. The van der Waals surface area contributed by atoms with Crippen LogP contribution in [-0.2, 0) is 0 Å². The zero-order valence-corrected chi connectivity index (χ0v) is 54.4. The Morgan fingerprint density at radius 3 is 1.20 bits per heavy atom. The molecule has 0 spiro atoms. The number of rotatable bonds is 0. The Morgan fingerprint density at radius 2 is 0.800 bits per heavy atom. The molecule has 0 aliphatic rings. The number of pyridine rings is 10. The molecule has 11 nitrogen and oxygen atoms in total. The van der Waals surface area contributed by atoms with Crippen LogP contribution in [0.4, 0.5) is 0 Å². The lowest BCUT2D eigenvalue weighted by Crippen LogP contribution is -2.28. The highest BCUT2D eigenvalue weighted by atomic mass is 16.5. The molecule has 11 rings (SSSR count). The van der Waals surface area contributed by atoms with Gasteiger partial charge in [-0.15, -0.1) is 0 Å². The van der Waals surface area contributed by atoms with Crippen LogP contribution in [0.15, 0.2) is 195 Å². The molecule has 1 aromatic carbocycles. The van der Waals surface area contributed by atoms with Crippen LogP contribution in [0.3, 0.4) is 0 Å². The molecule has 0 aliphatic heterocycles. The van der Waals surface area contributed by atoms with E-state index in [4.69, 9.17) is 0 Å². The minimum absolute atomic E-state index is 0.729. The summed E-state index contributed by atoms with van der Waals surface area (Å²) in [7, 11) is 0. The van der Waals surface area contributed by atoms with E-state index in [1.54, 1.807) is 25.3 Å². The molecule has 444 valence electrons. The van der Waals surface area contributed by atoms with Crippen LogP contribution in [0.1, 0.15) is 112 Å². The molecule has 0 fully saturated rings. The fourth-order valence-electron chi connectivity index (χ4n) is 6.78. The number of nitrogens with zero attached hydrogens (tertiary/aromatic N) is 10. The molecular weight excluding hydrogens is 1040 g/mol. The molecule has 0 N–H and O–H groups in total. The summed E-state index contributed by atoms with van der Waals surface area (Å²) in [5.41, 5.74) is 24.4. The molecule has 0 saturated carbocycles. The van der Waals surface area contributed by atoms with Crippen molar-refractivity contribution in [1.82, 2.24) is 44.9 Å². The zero-order chi connectivity index (χ0) is 63.3. The molecule has 0 saturated heterocycles. The second-order valence-electron chi connectivity index (χ2n) is 20.9. The monoisotopic (exact) mass is 1140 g/mol. The van der Waals surface area contributed by atoms with Gasteiger partial charge in [-0.2, -0.15) is 4.73 Å². The summed E-state index contributed by atoms with van der Waals surface area (Å²) >= 11 is 0. The number of aryl methyl sites for hydroxylation is 20. The third-order valence-corrected chi connectivity index (χ3v) is 12.7. The van der Waals surface area contributed by atoms with Gasteiger partial charge in [0.2, 0.25) is 0 Å². The SMILES string of the molecule is Cc1ccc(C)c(C)n1.Cc1ccc(C)c(C)n1.Cc1ccc(C)nc1.Cc1ccc2ccccc2n1.Cc1cccc[n+]1[O-].Cc1cccnc1.Cc1cccnc1C.Cc1ccncc1C.Cc1cnc(C)c(C)c1.Cc1cncc(C)c1. The zero-order valence-electron chi connectivity index (χ0n) is 54.4. The lowest BCUT2D eigenvalue weighted by molar-refractivity contribution is -0.612. The summed E-state index contributed by atoms with van der Waals surface area (Å²) < 4.78 is 0.833. The Bertz CT molecular complexity index is 3320. The minimum Gasteiger partial charge on any atom is -0.619 e. The highest BCUT2D eigenvalue weighted by molar-refractivity contribution is 5.78.